The molecule has 0 aliphatic carbocycles. The van der Waals surface area contributed by atoms with Crippen molar-refractivity contribution in [3.8, 4) is 0 Å². The van der Waals surface area contributed by atoms with E-state index in [2.05, 4.69) is 10.2 Å². The second-order valence-electron chi connectivity index (χ2n) is 5.34. The number of rotatable bonds is 3. The summed E-state index contributed by atoms with van der Waals surface area (Å²) in [7, 11) is 0. The number of thiocarbonyl (C=S) groups is 1. The summed E-state index contributed by atoms with van der Waals surface area (Å²) in [5, 5.41) is 3.35. The van der Waals surface area contributed by atoms with E-state index in [0.29, 0.717) is 23.3 Å². The quantitative estimate of drug-likeness (QED) is 0.832. The Morgan fingerprint density at radius 2 is 2.21 bits per heavy atom. The summed E-state index contributed by atoms with van der Waals surface area (Å²) in [5.74, 6) is -0.276. The van der Waals surface area contributed by atoms with E-state index in [-0.39, 0.29) is 10.8 Å². The third-order valence-electron chi connectivity index (χ3n) is 4.20. The minimum Gasteiger partial charge on any atom is -0.389 e. The van der Waals surface area contributed by atoms with Crippen molar-refractivity contribution in [2.45, 2.75) is 31.3 Å². The van der Waals surface area contributed by atoms with Crippen molar-refractivity contribution < 1.29 is 4.39 Å². The SMILES string of the molecule is NC(=S)c1ccc(NC2CCN3CCCC23)c(F)c1. The number of halogens is 1. The Morgan fingerprint density at radius 3 is 2.95 bits per heavy atom. The molecule has 0 radical (unpaired) electrons. The monoisotopic (exact) mass is 279 g/mol. The van der Waals surface area contributed by atoms with Crippen LogP contribution >= 0.6 is 12.2 Å². The molecule has 5 heteroatoms. The Hall–Kier alpha value is -1.20. The van der Waals surface area contributed by atoms with Crippen molar-refractivity contribution in [3.05, 3.63) is 29.6 Å². The van der Waals surface area contributed by atoms with Gasteiger partial charge in [0.1, 0.15) is 10.8 Å². The highest BCUT2D eigenvalue weighted by Crippen LogP contribution is 2.30. The predicted molar refractivity (Wildman–Crippen MR) is 78.9 cm³/mol. The molecule has 1 aromatic rings. The molecule has 3 nitrogen and oxygen atoms in total. The fourth-order valence-corrected chi connectivity index (χ4v) is 3.36. The van der Waals surface area contributed by atoms with Crippen LogP contribution in [0.2, 0.25) is 0 Å². The normalized spacial score (nSPS) is 26.4. The van der Waals surface area contributed by atoms with Gasteiger partial charge in [-0.25, -0.2) is 4.39 Å². The van der Waals surface area contributed by atoms with Crippen LogP contribution in [0, 0.1) is 5.82 Å². The lowest BCUT2D eigenvalue weighted by atomic mass is 10.1. The van der Waals surface area contributed by atoms with Gasteiger partial charge in [0.15, 0.2) is 0 Å². The standard InChI is InChI=1S/C14H18FN3S/c15-10-8-9(14(16)19)3-4-11(10)17-12-5-7-18-6-1-2-13(12)18/h3-4,8,12-13,17H,1-2,5-7H2,(H2,16,19). The van der Waals surface area contributed by atoms with E-state index in [9.17, 15) is 4.39 Å². The molecule has 1 aromatic carbocycles. The zero-order valence-corrected chi connectivity index (χ0v) is 11.5. The molecule has 0 aromatic heterocycles. The van der Waals surface area contributed by atoms with Crippen LogP contribution in [0.25, 0.3) is 0 Å². The van der Waals surface area contributed by atoms with Gasteiger partial charge in [-0.1, -0.05) is 12.2 Å². The molecular formula is C14H18FN3S. The topological polar surface area (TPSA) is 41.3 Å². The highest BCUT2D eigenvalue weighted by atomic mass is 32.1. The van der Waals surface area contributed by atoms with Crippen LogP contribution in [0.15, 0.2) is 18.2 Å². The molecule has 19 heavy (non-hydrogen) atoms. The molecule has 0 bridgehead atoms. The highest BCUT2D eigenvalue weighted by Gasteiger charge is 2.37. The van der Waals surface area contributed by atoms with Gasteiger partial charge in [0, 0.05) is 24.2 Å². The first kappa shape index (κ1) is 12.8. The van der Waals surface area contributed by atoms with Crippen molar-refractivity contribution in [2.75, 3.05) is 18.4 Å². The Labute approximate surface area is 118 Å². The molecule has 0 amide bonds. The predicted octanol–water partition coefficient (Wildman–Crippen LogP) is 2.11. The van der Waals surface area contributed by atoms with Crippen molar-refractivity contribution in [1.29, 1.82) is 0 Å². The number of nitrogens with two attached hydrogens (primary N) is 1. The van der Waals surface area contributed by atoms with Gasteiger partial charge in [-0.3, -0.25) is 4.90 Å². The first-order valence-corrected chi connectivity index (χ1v) is 7.16. The molecule has 2 aliphatic rings. The molecule has 2 heterocycles. The minimum absolute atomic E-state index is 0.230. The number of anilines is 1. The zero-order valence-electron chi connectivity index (χ0n) is 10.7. The summed E-state index contributed by atoms with van der Waals surface area (Å²) in [4.78, 5) is 2.73. The van der Waals surface area contributed by atoms with Crippen LogP contribution in [-0.4, -0.2) is 35.1 Å². The van der Waals surface area contributed by atoms with Crippen LogP contribution in [0.4, 0.5) is 10.1 Å². The third-order valence-corrected chi connectivity index (χ3v) is 4.44. The second-order valence-corrected chi connectivity index (χ2v) is 5.78. The fraction of sp³-hybridized carbons (Fsp3) is 0.500. The Morgan fingerprint density at radius 1 is 1.37 bits per heavy atom. The molecule has 2 saturated heterocycles. The average molecular weight is 279 g/mol. The summed E-state index contributed by atoms with van der Waals surface area (Å²) in [6, 6.07) is 5.84. The molecule has 2 fully saturated rings. The molecule has 0 spiro atoms. The van der Waals surface area contributed by atoms with Crippen molar-refractivity contribution in [3.63, 3.8) is 0 Å². The lowest BCUT2D eigenvalue weighted by Crippen LogP contribution is -2.34. The van der Waals surface area contributed by atoms with E-state index in [1.165, 1.54) is 25.5 Å². The molecule has 0 saturated carbocycles. The largest absolute Gasteiger partial charge is 0.389 e. The van der Waals surface area contributed by atoms with E-state index in [4.69, 9.17) is 18.0 Å². The van der Waals surface area contributed by atoms with Gasteiger partial charge in [-0.2, -0.15) is 0 Å². The second kappa shape index (κ2) is 5.06. The Bertz CT molecular complexity index is 505. The number of benzene rings is 1. The maximum Gasteiger partial charge on any atom is 0.146 e. The first-order valence-electron chi connectivity index (χ1n) is 6.75. The Balaban J connectivity index is 1.75. The van der Waals surface area contributed by atoms with Crippen LogP contribution < -0.4 is 11.1 Å². The summed E-state index contributed by atoms with van der Waals surface area (Å²) in [5.41, 5.74) is 6.63. The third kappa shape index (κ3) is 2.44. The molecule has 2 aliphatic heterocycles. The number of nitrogens with one attached hydrogen (secondary N) is 1. The maximum absolute atomic E-state index is 14.0. The van der Waals surface area contributed by atoms with Gasteiger partial charge < -0.3 is 11.1 Å². The van der Waals surface area contributed by atoms with E-state index >= 15 is 0 Å². The molecule has 2 atom stereocenters. The smallest absolute Gasteiger partial charge is 0.146 e. The van der Waals surface area contributed by atoms with E-state index in [1.54, 1.807) is 12.1 Å². The van der Waals surface area contributed by atoms with E-state index < -0.39 is 0 Å². The van der Waals surface area contributed by atoms with Gasteiger partial charge >= 0.3 is 0 Å². The van der Waals surface area contributed by atoms with Crippen LogP contribution in [0.5, 0.6) is 0 Å². The minimum atomic E-state index is -0.276. The lowest BCUT2D eigenvalue weighted by molar-refractivity contribution is 0.318. The summed E-state index contributed by atoms with van der Waals surface area (Å²) < 4.78 is 14.0. The lowest BCUT2D eigenvalue weighted by Gasteiger charge is -2.22. The first-order chi connectivity index (χ1) is 9.15. The molecule has 2 unspecified atom stereocenters. The summed E-state index contributed by atoms with van der Waals surface area (Å²) in [6.07, 6.45) is 3.55. The number of hydrogen-bond acceptors (Lipinski definition) is 3. The molecular weight excluding hydrogens is 261 g/mol. The molecule has 3 N–H and O–H groups in total. The van der Waals surface area contributed by atoms with Gasteiger partial charge in [0.25, 0.3) is 0 Å². The maximum atomic E-state index is 14.0. The Kier molecular flexibility index (Phi) is 3.41. The zero-order chi connectivity index (χ0) is 13.4. The van der Waals surface area contributed by atoms with Gasteiger partial charge in [-0.05, 0) is 44.0 Å². The summed E-state index contributed by atoms with van der Waals surface area (Å²) >= 11 is 4.85. The van der Waals surface area contributed by atoms with E-state index in [0.717, 1.165) is 13.0 Å². The van der Waals surface area contributed by atoms with Gasteiger partial charge in [-0.15, -0.1) is 0 Å². The van der Waals surface area contributed by atoms with Crippen LogP contribution in [0.3, 0.4) is 0 Å². The average Bonchev–Trinajstić information content (AvgIpc) is 2.96. The van der Waals surface area contributed by atoms with Crippen molar-refractivity contribution in [2.24, 2.45) is 5.73 Å². The number of fused-ring (bicyclic) bond motifs is 1. The number of hydrogen-bond donors (Lipinski definition) is 2. The highest BCUT2D eigenvalue weighted by molar-refractivity contribution is 7.80. The number of nitrogens with zero attached hydrogens (tertiary/aromatic N) is 1. The van der Waals surface area contributed by atoms with Gasteiger partial charge in [0.2, 0.25) is 0 Å². The van der Waals surface area contributed by atoms with Crippen LogP contribution in [-0.2, 0) is 0 Å². The summed E-state index contributed by atoms with van der Waals surface area (Å²) in [6.45, 7) is 2.31. The van der Waals surface area contributed by atoms with Crippen molar-refractivity contribution in [1.82, 2.24) is 4.90 Å². The molecule has 102 valence electrons. The van der Waals surface area contributed by atoms with E-state index in [1.807, 2.05) is 0 Å². The van der Waals surface area contributed by atoms with Crippen LogP contribution in [0.1, 0.15) is 24.8 Å². The fourth-order valence-electron chi connectivity index (χ4n) is 3.24. The van der Waals surface area contributed by atoms with Crippen molar-refractivity contribution >= 4 is 22.9 Å². The van der Waals surface area contributed by atoms with Gasteiger partial charge in [0.05, 0.1) is 5.69 Å². The molecule has 3 rings (SSSR count).